The quantitative estimate of drug-likeness (QED) is 0.511. The number of sulfone groups is 1. The van der Waals surface area contributed by atoms with E-state index >= 15 is 0 Å². The van der Waals surface area contributed by atoms with Crippen LogP contribution in [-0.4, -0.2) is 47.8 Å². The highest BCUT2D eigenvalue weighted by Crippen LogP contribution is 2.29. The second-order valence-corrected chi connectivity index (χ2v) is 9.71. The summed E-state index contributed by atoms with van der Waals surface area (Å²) in [5, 5.41) is 0.890. The van der Waals surface area contributed by atoms with Gasteiger partial charge < -0.3 is 14.3 Å². The fourth-order valence-corrected chi connectivity index (χ4v) is 5.77. The van der Waals surface area contributed by atoms with Gasteiger partial charge in [-0.05, 0) is 38.5 Å². The van der Waals surface area contributed by atoms with E-state index in [0.29, 0.717) is 23.4 Å². The van der Waals surface area contributed by atoms with Crippen LogP contribution < -0.4 is 0 Å². The van der Waals surface area contributed by atoms with Crippen molar-refractivity contribution in [1.82, 2.24) is 9.55 Å². The molecule has 1 aromatic carbocycles. The van der Waals surface area contributed by atoms with E-state index in [2.05, 4.69) is 4.98 Å². The first-order valence-electron chi connectivity index (χ1n) is 9.42. The lowest BCUT2D eigenvalue weighted by Gasteiger charge is -2.16. The van der Waals surface area contributed by atoms with E-state index in [4.69, 9.17) is 4.74 Å². The minimum absolute atomic E-state index is 0.0896. The van der Waals surface area contributed by atoms with Gasteiger partial charge in [-0.3, -0.25) is 4.79 Å². The van der Waals surface area contributed by atoms with Gasteiger partial charge in [0.05, 0.1) is 11.5 Å². The van der Waals surface area contributed by atoms with Crippen molar-refractivity contribution in [3.05, 3.63) is 59.0 Å². The summed E-state index contributed by atoms with van der Waals surface area (Å²) < 4.78 is 30.8. The molecule has 0 spiro atoms. The first kappa shape index (κ1) is 19.4. The molecule has 0 saturated carbocycles. The van der Waals surface area contributed by atoms with Crippen LogP contribution in [0, 0.1) is 13.8 Å². The third kappa shape index (κ3) is 3.72. The number of hydrogen-bond acceptors (Lipinski definition) is 5. The fourth-order valence-electron chi connectivity index (χ4n) is 4.07. The molecule has 1 atom stereocenters. The van der Waals surface area contributed by atoms with Gasteiger partial charge in [0.25, 0.3) is 0 Å². The summed E-state index contributed by atoms with van der Waals surface area (Å²) in [4.78, 5) is 28.0. The average Bonchev–Trinajstić information content (AvgIpc) is 3.34. The van der Waals surface area contributed by atoms with Crippen LogP contribution in [-0.2, 0) is 14.6 Å². The highest BCUT2D eigenvalue weighted by atomic mass is 32.2. The monoisotopic (exact) mass is 414 g/mol. The van der Waals surface area contributed by atoms with E-state index < -0.39 is 15.8 Å². The minimum atomic E-state index is -3.03. The van der Waals surface area contributed by atoms with Crippen LogP contribution in [0.25, 0.3) is 10.9 Å². The van der Waals surface area contributed by atoms with E-state index in [1.165, 1.54) is 0 Å². The van der Waals surface area contributed by atoms with Gasteiger partial charge in [0, 0.05) is 33.9 Å². The van der Waals surface area contributed by atoms with Gasteiger partial charge >= 0.3 is 5.97 Å². The first-order chi connectivity index (χ1) is 13.7. The summed E-state index contributed by atoms with van der Waals surface area (Å²) >= 11 is 0. The molecule has 152 valence electrons. The van der Waals surface area contributed by atoms with Crippen molar-refractivity contribution in [2.75, 3.05) is 18.1 Å². The van der Waals surface area contributed by atoms with Crippen molar-refractivity contribution in [3.63, 3.8) is 0 Å². The Morgan fingerprint density at radius 1 is 1.21 bits per heavy atom. The number of nitrogens with zero attached hydrogens (tertiary/aromatic N) is 1. The normalized spacial score (nSPS) is 18.2. The standard InChI is InChI=1S/C21H22N2O5S/c1-13-9-17(14(2)23(13)16-7-8-29(26,27)12-16)20(24)11-28-21(25)19-10-15-5-3-4-6-18(15)22-19/h3-6,9-10,16,22H,7-8,11-12H2,1-2H3. The van der Waals surface area contributed by atoms with Gasteiger partial charge in [-0.1, -0.05) is 18.2 Å². The van der Waals surface area contributed by atoms with Crippen LogP contribution in [0.5, 0.6) is 0 Å². The number of rotatable bonds is 5. The maximum Gasteiger partial charge on any atom is 0.355 e. The van der Waals surface area contributed by atoms with Crippen LogP contribution in [0.2, 0.25) is 0 Å². The molecule has 29 heavy (non-hydrogen) atoms. The molecule has 0 amide bonds. The first-order valence-corrected chi connectivity index (χ1v) is 11.2. The van der Waals surface area contributed by atoms with Crippen molar-refractivity contribution in [2.45, 2.75) is 26.3 Å². The third-order valence-electron chi connectivity index (χ3n) is 5.44. The predicted molar refractivity (Wildman–Crippen MR) is 109 cm³/mol. The molecule has 3 heterocycles. The number of benzene rings is 1. The van der Waals surface area contributed by atoms with Crippen LogP contribution in [0.4, 0.5) is 0 Å². The maximum atomic E-state index is 12.7. The van der Waals surface area contributed by atoms with Gasteiger partial charge in [-0.15, -0.1) is 0 Å². The molecule has 2 aromatic heterocycles. The summed E-state index contributed by atoms with van der Waals surface area (Å²) in [6, 6.07) is 10.7. The molecule has 1 fully saturated rings. The topological polar surface area (TPSA) is 98.2 Å². The van der Waals surface area contributed by atoms with Crippen molar-refractivity contribution < 1.29 is 22.7 Å². The van der Waals surface area contributed by atoms with Gasteiger partial charge in [0.1, 0.15) is 5.69 Å². The Balaban J connectivity index is 1.47. The number of aromatic nitrogens is 2. The number of ether oxygens (including phenoxy) is 1. The summed E-state index contributed by atoms with van der Waals surface area (Å²) in [7, 11) is -3.03. The molecule has 0 bridgehead atoms. The number of aromatic amines is 1. The number of fused-ring (bicyclic) bond motifs is 1. The highest BCUT2D eigenvalue weighted by molar-refractivity contribution is 7.91. The Kier molecular flexibility index (Phi) is 4.82. The molecule has 1 N–H and O–H groups in total. The smallest absolute Gasteiger partial charge is 0.355 e. The van der Waals surface area contributed by atoms with Gasteiger partial charge in [0.15, 0.2) is 16.4 Å². The molecular formula is C21H22N2O5S. The van der Waals surface area contributed by atoms with E-state index in [-0.39, 0.29) is 29.9 Å². The number of carbonyl (C=O) groups is 2. The second-order valence-electron chi connectivity index (χ2n) is 7.48. The Hall–Kier alpha value is -2.87. The lowest BCUT2D eigenvalue weighted by atomic mass is 10.1. The van der Waals surface area contributed by atoms with Crippen LogP contribution in [0.3, 0.4) is 0 Å². The number of esters is 1. The summed E-state index contributed by atoms with van der Waals surface area (Å²) in [6.45, 7) is 3.28. The van der Waals surface area contributed by atoms with Crippen LogP contribution in [0.1, 0.15) is 44.7 Å². The Morgan fingerprint density at radius 3 is 2.66 bits per heavy atom. The third-order valence-corrected chi connectivity index (χ3v) is 7.19. The number of aryl methyl sites for hydroxylation is 1. The predicted octanol–water partition coefficient (Wildman–Crippen LogP) is 2.99. The lowest BCUT2D eigenvalue weighted by Crippen LogP contribution is -2.17. The number of Topliss-reactive ketones (excluding diaryl/α,β-unsaturated/α-hetero) is 1. The fraction of sp³-hybridized carbons (Fsp3) is 0.333. The van der Waals surface area contributed by atoms with Crippen LogP contribution in [0.15, 0.2) is 36.4 Å². The van der Waals surface area contributed by atoms with Gasteiger partial charge in [0.2, 0.25) is 5.78 Å². The number of nitrogens with one attached hydrogen (secondary N) is 1. The van der Waals surface area contributed by atoms with Crippen molar-refractivity contribution >= 4 is 32.5 Å². The molecule has 1 unspecified atom stereocenters. The van der Waals surface area contributed by atoms with Crippen LogP contribution >= 0.6 is 0 Å². The van der Waals surface area contributed by atoms with Gasteiger partial charge in [-0.25, -0.2) is 13.2 Å². The van der Waals surface area contributed by atoms with Crippen molar-refractivity contribution in [1.29, 1.82) is 0 Å². The van der Waals surface area contributed by atoms with E-state index in [1.807, 2.05) is 35.8 Å². The van der Waals surface area contributed by atoms with E-state index in [9.17, 15) is 18.0 Å². The highest BCUT2D eigenvalue weighted by Gasteiger charge is 2.31. The summed E-state index contributed by atoms with van der Waals surface area (Å²) in [6.07, 6.45) is 0.543. The Labute approximate surface area is 168 Å². The average molecular weight is 414 g/mol. The second kappa shape index (κ2) is 7.18. The molecule has 1 aliphatic heterocycles. The Bertz CT molecular complexity index is 1190. The molecule has 1 aliphatic rings. The minimum Gasteiger partial charge on any atom is -0.453 e. The molecule has 0 aliphatic carbocycles. The van der Waals surface area contributed by atoms with Gasteiger partial charge in [-0.2, -0.15) is 0 Å². The van der Waals surface area contributed by atoms with E-state index in [0.717, 1.165) is 16.6 Å². The molecule has 8 heteroatoms. The molecule has 4 rings (SSSR count). The van der Waals surface area contributed by atoms with Crippen molar-refractivity contribution in [3.8, 4) is 0 Å². The molecule has 0 radical (unpaired) electrons. The SMILES string of the molecule is Cc1cc(C(=O)COC(=O)c2cc3ccccc3[nH]2)c(C)n1C1CCS(=O)(=O)C1. The molecular weight excluding hydrogens is 392 g/mol. The number of H-pyrrole nitrogens is 1. The van der Waals surface area contributed by atoms with Crippen molar-refractivity contribution in [2.24, 2.45) is 0 Å². The maximum absolute atomic E-state index is 12.7. The zero-order chi connectivity index (χ0) is 20.8. The Morgan fingerprint density at radius 2 is 1.97 bits per heavy atom. The van der Waals surface area contributed by atoms with E-state index in [1.54, 1.807) is 19.1 Å². The molecule has 7 nitrogen and oxygen atoms in total. The molecule has 3 aromatic rings. The number of carbonyl (C=O) groups excluding carboxylic acids is 2. The molecule has 1 saturated heterocycles. The zero-order valence-electron chi connectivity index (χ0n) is 16.3. The number of ketones is 1. The zero-order valence-corrected chi connectivity index (χ0v) is 17.1. The summed E-state index contributed by atoms with van der Waals surface area (Å²) in [5.41, 5.74) is 3.10. The largest absolute Gasteiger partial charge is 0.453 e. The summed E-state index contributed by atoms with van der Waals surface area (Å²) in [5.74, 6) is -0.646. The number of para-hydroxylation sites is 1. The number of hydrogen-bond donors (Lipinski definition) is 1. The lowest BCUT2D eigenvalue weighted by molar-refractivity contribution is 0.0469.